The number of hydrogen-bond acceptors (Lipinski definition) is 5. The number of sulfone groups is 1. The highest BCUT2D eigenvalue weighted by molar-refractivity contribution is 7.92. The molecule has 1 saturated heterocycles. The Hall–Kier alpha value is -1.96. The SMILES string of the molecule is O=C(O)c1cccn2nc(CC3CCCS3(=O)=O)nc12. The first kappa shape index (κ1) is 13.0. The molecule has 0 bridgehead atoms. The van der Waals surface area contributed by atoms with Crippen molar-refractivity contribution >= 4 is 21.5 Å². The van der Waals surface area contributed by atoms with Crippen LogP contribution in [0.15, 0.2) is 18.3 Å². The van der Waals surface area contributed by atoms with Crippen LogP contribution in [-0.4, -0.2) is 45.1 Å². The van der Waals surface area contributed by atoms with E-state index in [4.69, 9.17) is 5.11 Å². The van der Waals surface area contributed by atoms with Gasteiger partial charge in [-0.15, -0.1) is 0 Å². The number of pyridine rings is 1. The first-order chi connectivity index (χ1) is 9.47. The van der Waals surface area contributed by atoms with Crippen LogP contribution < -0.4 is 0 Å². The van der Waals surface area contributed by atoms with E-state index in [1.54, 1.807) is 12.3 Å². The van der Waals surface area contributed by atoms with Crippen LogP contribution in [-0.2, 0) is 16.3 Å². The monoisotopic (exact) mass is 295 g/mol. The molecule has 1 aliphatic rings. The maximum atomic E-state index is 11.8. The molecule has 0 aliphatic carbocycles. The molecule has 1 N–H and O–H groups in total. The number of nitrogens with zero attached hydrogens (tertiary/aromatic N) is 3. The van der Waals surface area contributed by atoms with Gasteiger partial charge in [0.05, 0.1) is 11.0 Å². The lowest BCUT2D eigenvalue weighted by Crippen LogP contribution is -2.19. The molecule has 0 saturated carbocycles. The van der Waals surface area contributed by atoms with E-state index in [9.17, 15) is 13.2 Å². The van der Waals surface area contributed by atoms with Crippen LogP contribution in [0.3, 0.4) is 0 Å². The number of aromatic carboxylic acids is 1. The van der Waals surface area contributed by atoms with Gasteiger partial charge in [0.2, 0.25) is 0 Å². The molecule has 3 rings (SSSR count). The first-order valence-corrected chi connectivity index (χ1v) is 7.98. The van der Waals surface area contributed by atoms with Crippen LogP contribution in [0.5, 0.6) is 0 Å². The molecule has 1 atom stereocenters. The second kappa shape index (κ2) is 4.55. The highest BCUT2D eigenvalue weighted by atomic mass is 32.2. The molecule has 2 aromatic rings. The van der Waals surface area contributed by atoms with E-state index in [1.807, 2.05) is 0 Å². The van der Waals surface area contributed by atoms with E-state index in [2.05, 4.69) is 10.1 Å². The summed E-state index contributed by atoms with van der Waals surface area (Å²) in [6.07, 6.45) is 3.12. The number of rotatable bonds is 3. The second-order valence-electron chi connectivity index (χ2n) is 4.86. The third-order valence-corrected chi connectivity index (χ3v) is 5.79. The van der Waals surface area contributed by atoms with Gasteiger partial charge in [0.15, 0.2) is 21.3 Å². The summed E-state index contributed by atoms with van der Waals surface area (Å²) in [5, 5.41) is 12.8. The van der Waals surface area contributed by atoms with Gasteiger partial charge in [0.25, 0.3) is 0 Å². The molecule has 1 fully saturated rings. The topological polar surface area (TPSA) is 102 Å². The molecule has 3 heterocycles. The van der Waals surface area contributed by atoms with E-state index < -0.39 is 21.1 Å². The molecule has 2 aromatic heterocycles. The maximum absolute atomic E-state index is 11.8. The minimum atomic E-state index is -3.05. The standard InChI is InChI=1S/C12H13N3O4S/c16-12(17)9-4-1-5-15-11(9)13-10(14-15)7-8-3-2-6-20(8,18)19/h1,4-5,8H,2-3,6-7H2,(H,16,17). The van der Waals surface area contributed by atoms with E-state index in [1.165, 1.54) is 10.6 Å². The fourth-order valence-corrected chi connectivity index (χ4v) is 4.33. The van der Waals surface area contributed by atoms with Crippen molar-refractivity contribution in [3.63, 3.8) is 0 Å². The number of aromatic nitrogens is 3. The van der Waals surface area contributed by atoms with E-state index in [0.717, 1.165) is 0 Å². The number of carboxylic acid groups (broad SMARTS) is 1. The van der Waals surface area contributed by atoms with Crippen LogP contribution in [0.25, 0.3) is 5.65 Å². The fourth-order valence-electron chi connectivity index (χ4n) is 2.49. The largest absolute Gasteiger partial charge is 0.478 e. The molecule has 0 amide bonds. The van der Waals surface area contributed by atoms with Crippen LogP contribution in [0, 0.1) is 0 Å². The fraction of sp³-hybridized carbons (Fsp3) is 0.417. The highest BCUT2D eigenvalue weighted by Gasteiger charge is 2.32. The lowest BCUT2D eigenvalue weighted by atomic mass is 10.2. The van der Waals surface area contributed by atoms with E-state index >= 15 is 0 Å². The normalized spacial score (nSPS) is 21.3. The van der Waals surface area contributed by atoms with Crippen molar-refractivity contribution in [3.05, 3.63) is 29.7 Å². The Morgan fingerprint density at radius 3 is 2.95 bits per heavy atom. The van der Waals surface area contributed by atoms with Crippen molar-refractivity contribution in [3.8, 4) is 0 Å². The van der Waals surface area contributed by atoms with Gasteiger partial charge in [-0.05, 0) is 25.0 Å². The zero-order valence-corrected chi connectivity index (χ0v) is 11.4. The molecule has 8 heteroatoms. The molecule has 0 radical (unpaired) electrons. The van der Waals surface area contributed by atoms with Gasteiger partial charge in [0, 0.05) is 12.6 Å². The summed E-state index contributed by atoms with van der Waals surface area (Å²) < 4.78 is 25.0. The minimum absolute atomic E-state index is 0.0560. The molecule has 0 spiro atoms. The number of fused-ring (bicyclic) bond motifs is 1. The summed E-state index contributed by atoms with van der Waals surface area (Å²) in [5.74, 6) is -0.497. The Kier molecular flexibility index (Phi) is 2.97. The summed E-state index contributed by atoms with van der Waals surface area (Å²) in [4.78, 5) is 15.3. The molecule has 7 nitrogen and oxygen atoms in total. The Bertz CT molecular complexity index is 781. The smallest absolute Gasteiger partial charge is 0.339 e. The third-order valence-electron chi connectivity index (χ3n) is 3.51. The van der Waals surface area contributed by atoms with Gasteiger partial charge in [-0.25, -0.2) is 22.7 Å². The average molecular weight is 295 g/mol. The lowest BCUT2D eigenvalue weighted by molar-refractivity contribution is 0.0698. The van der Waals surface area contributed by atoms with Crippen molar-refractivity contribution in [2.24, 2.45) is 0 Å². The van der Waals surface area contributed by atoms with Gasteiger partial charge in [0.1, 0.15) is 5.56 Å². The molecule has 0 aromatic carbocycles. The van der Waals surface area contributed by atoms with Gasteiger partial charge >= 0.3 is 5.97 Å². The Labute approximate surface area is 115 Å². The third kappa shape index (κ3) is 2.15. The average Bonchev–Trinajstić information content (AvgIpc) is 2.92. The number of carbonyl (C=O) groups is 1. The van der Waals surface area contributed by atoms with Crippen LogP contribution in [0.4, 0.5) is 0 Å². The Morgan fingerprint density at radius 2 is 2.30 bits per heavy atom. The molecular formula is C12H13N3O4S. The van der Waals surface area contributed by atoms with Gasteiger partial charge in [-0.2, -0.15) is 5.10 Å². The van der Waals surface area contributed by atoms with E-state index in [0.29, 0.717) is 18.7 Å². The quantitative estimate of drug-likeness (QED) is 0.887. The molecule has 20 heavy (non-hydrogen) atoms. The maximum Gasteiger partial charge on any atom is 0.339 e. The summed E-state index contributed by atoms with van der Waals surface area (Å²) in [5.41, 5.74) is 0.297. The van der Waals surface area contributed by atoms with Crippen molar-refractivity contribution in [2.75, 3.05) is 5.75 Å². The molecule has 1 unspecified atom stereocenters. The van der Waals surface area contributed by atoms with Crippen LogP contribution in [0.2, 0.25) is 0 Å². The minimum Gasteiger partial charge on any atom is -0.478 e. The molecule has 106 valence electrons. The van der Waals surface area contributed by atoms with E-state index in [-0.39, 0.29) is 23.4 Å². The number of hydrogen-bond donors (Lipinski definition) is 1. The Balaban J connectivity index is 1.98. The van der Waals surface area contributed by atoms with Crippen molar-refractivity contribution in [1.82, 2.24) is 14.6 Å². The van der Waals surface area contributed by atoms with Gasteiger partial charge in [-0.1, -0.05) is 0 Å². The lowest BCUT2D eigenvalue weighted by Gasteiger charge is -2.04. The summed E-state index contributed by atoms with van der Waals surface area (Å²) >= 11 is 0. The molecular weight excluding hydrogens is 282 g/mol. The zero-order chi connectivity index (χ0) is 14.3. The van der Waals surface area contributed by atoms with Gasteiger partial charge < -0.3 is 5.11 Å². The van der Waals surface area contributed by atoms with Crippen molar-refractivity contribution in [2.45, 2.75) is 24.5 Å². The van der Waals surface area contributed by atoms with Gasteiger partial charge in [-0.3, -0.25) is 0 Å². The highest BCUT2D eigenvalue weighted by Crippen LogP contribution is 2.23. The first-order valence-electron chi connectivity index (χ1n) is 6.26. The summed E-state index contributed by atoms with van der Waals surface area (Å²) in [6, 6.07) is 3.02. The predicted molar refractivity (Wildman–Crippen MR) is 70.5 cm³/mol. The van der Waals surface area contributed by atoms with Crippen molar-refractivity contribution < 1.29 is 18.3 Å². The predicted octanol–water partition coefficient (Wildman–Crippen LogP) is 0.547. The number of carboxylic acids is 1. The van der Waals surface area contributed by atoms with Crippen molar-refractivity contribution in [1.29, 1.82) is 0 Å². The molecule has 1 aliphatic heterocycles. The second-order valence-corrected chi connectivity index (χ2v) is 7.26. The van der Waals surface area contributed by atoms with Crippen LogP contribution in [0.1, 0.15) is 29.0 Å². The van der Waals surface area contributed by atoms with Crippen LogP contribution >= 0.6 is 0 Å². The summed E-state index contributed by atoms with van der Waals surface area (Å²) in [6.45, 7) is 0. The summed E-state index contributed by atoms with van der Waals surface area (Å²) in [7, 11) is -3.05. The Morgan fingerprint density at radius 1 is 1.50 bits per heavy atom. The zero-order valence-electron chi connectivity index (χ0n) is 10.6.